The molecule has 0 heterocycles. The number of nitrogens with zero attached hydrogens (tertiary/aromatic N) is 3. The van der Waals surface area contributed by atoms with Gasteiger partial charge in [-0.1, -0.05) is 37.1 Å². The Hall–Kier alpha value is -3.21. The maximum absolute atomic E-state index is 11.9. The van der Waals surface area contributed by atoms with Crippen LogP contribution in [0.4, 0.5) is 5.69 Å². The van der Waals surface area contributed by atoms with E-state index in [1.54, 1.807) is 19.3 Å². The monoisotopic (exact) mass is 430 g/mol. The van der Waals surface area contributed by atoms with Gasteiger partial charge in [-0.3, -0.25) is 9.79 Å². The zero-order valence-corrected chi connectivity index (χ0v) is 19.6. The lowest BCUT2D eigenvalue weighted by Gasteiger charge is -2.21. The van der Waals surface area contributed by atoms with E-state index in [9.17, 15) is 4.79 Å². The van der Waals surface area contributed by atoms with Gasteiger partial charge in [-0.05, 0) is 73.1 Å². The Bertz CT molecular complexity index is 1030. The molecule has 2 N–H and O–H groups in total. The summed E-state index contributed by atoms with van der Waals surface area (Å²) in [5.74, 6) is 0. The summed E-state index contributed by atoms with van der Waals surface area (Å²) in [5.41, 5.74) is 13.7. The van der Waals surface area contributed by atoms with Gasteiger partial charge >= 0.3 is 0 Å². The molecule has 1 aliphatic carbocycles. The van der Waals surface area contributed by atoms with Crippen LogP contribution in [0.2, 0.25) is 0 Å². The van der Waals surface area contributed by atoms with Crippen molar-refractivity contribution < 1.29 is 4.79 Å². The second-order valence-electron chi connectivity index (χ2n) is 8.59. The van der Waals surface area contributed by atoms with Crippen LogP contribution in [0, 0.1) is 13.8 Å². The molecule has 0 spiro atoms. The van der Waals surface area contributed by atoms with Gasteiger partial charge < -0.3 is 10.6 Å². The highest BCUT2D eigenvalue weighted by atomic mass is 16.1. The first kappa shape index (κ1) is 23.5. The fraction of sp³-hybridized carbons (Fsp3) is 0.370. The lowest BCUT2D eigenvalue weighted by Crippen LogP contribution is -2.27. The van der Waals surface area contributed by atoms with Gasteiger partial charge in [-0.15, -0.1) is 0 Å². The topological polar surface area (TPSA) is 71.0 Å². The summed E-state index contributed by atoms with van der Waals surface area (Å²) in [6, 6.07) is 10.7. The first-order chi connectivity index (χ1) is 15.4. The van der Waals surface area contributed by atoms with E-state index in [2.05, 4.69) is 42.9 Å². The van der Waals surface area contributed by atoms with E-state index >= 15 is 0 Å². The molecule has 0 aliphatic heterocycles. The first-order valence-corrected chi connectivity index (χ1v) is 11.3. The molecule has 1 aliphatic rings. The minimum Gasteiger partial charge on any atom is -0.398 e. The second kappa shape index (κ2) is 10.9. The van der Waals surface area contributed by atoms with E-state index in [4.69, 9.17) is 10.7 Å². The maximum atomic E-state index is 11.9. The van der Waals surface area contributed by atoms with Crippen molar-refractivity contribution in [2.75, 3.05) is 14.1 Å². The van der Waals surface area contributed by atoms with Gasteiger partial charge in [0.15, 0.2) is 6.29 Å². The number of carbonyl (C=O) groups excluding carboxylic acids is 1. The molecule has 5 heteroatoms. The Balaban J connectivity index is 1.82. The molecule has 2 aromatic carbocycles. The predicted molar refractivity (Wildman–Crippen MR) is 135 cm³/mol. The first-order valence-electron chi connectivity index (χ1n) is 11.3. The molecule has 0 saturated heterocycles. The van der Waals surface area contributed by atoms with Crippen molar-refractivity contribution in [2.45, 2.75) is 52.0 Å². The van der Waals surface area contributed by atoms with Gasteiger partial charge in [0.25, 0.3) is 0 Å². The van der Waals surface area contributed by atoms with E-state index in [1.807, 2.05) is 24.5 Å². The van der Waals surface area contributed by atoms with Crippen LogP contribution < -0.4 is 5.73 Å². The normalized spacial score (nSPS) is 15.2. The number of rotatable bonds is 8. The molecule has 0 aromatic heterocycles. The van der Waals surface area contributed by atoms with Crippen molar-refractivity contribution >= 4 is 30.2 Å². The Morgan fingerprint density at radius 1 is 1.16 bits per heavy atom. The third-order valence-electron chi connectivity index (χ3n) is 6.48. The van der Waals surface area contributed by atoms with Crippen LogP contribution in [0.1, 0.15) is 63.9 Å². The SMILES string of the molecule is CN=CC=C(N)c1ccc(Cc2cc(C=O)c(N=CN(C)C3CCCC3)c(C)c2C)cc1. The van der Waals surface area contributed by atoms with E-state index in [-0.39, 0.29) is 0 Å². The molecule has 168 valence electrons. The molecule has 5 nitrogen and oxygen atoms in total. The van der Waals surface area contributed by atoms with Crippen molar-refractivity contribution in [2.24, 2.45) is 15.7 Å². The summed E-state index contributed by atoms with van der Waals surface area (Å²) >= 11 is 0. The van der Waals surface area contributed by atoms with Crippen molar-refractivity contribution in [3.8, 4) is 0 Å². The smallest absolute Gasteiger partial charge is 0.152 e. The second-order valence-corrected chi connectivity index (χ2v) is 8.59. The molecule has 0 radical (unpaired) electrons. The lowest BCUT2D eigenvalue weighted by atomic mass is 9.93. The van der Waals surface area contributed by atoms with Crippen LogP contribution in [0.25, 0.3) is 5.70 Å². The average molecular weight is 431 g/mol. The highest BCUT2D eigenvalue weighted by molar-refractivity contribution is 5.87. The largest absolute Gasteiger partial charge is 0.398 e. The third kappa shape index (κ3) is 5.52. The number of carbonyl (C=O) groups is 1. The molecular weight excluding hydrogens is 396 g/mol. The lowest BCUT2D eigenvalue weighted by molar-refractivity contribution is 0.112. The molecule has 1 fully saturated rings. The van der Waals surface area contributed by atoms with E-state index in [0.717, 1.165) is 35.1 Å². The third-order valence-corrected chi connectivity index (χ3v) is 6.48. The fourth-order valence-corrected chi connectivity index (χ4v) is 4.28. The summed E-state index contributed by atoms with van der Waals surface area (Å²) in [4.78, 5) is 22.7. The summed E-state index contributed by atoms with van der Waals surface area (Å²) in [5, 5.41) is 0. The summed E-state index contributed by atoms with van der Waals surface area (Å²) in [6.07, 6.45) is 12.0. The molecular formula is C27H34N4O. The number of aliphatic imine (C=N–C) groups is 2. The Morgan fingerprint density at radius 3 is 2.47 bits per heavy atom. The molecule has 1 saturated carbocycles. The van der Waals surface area contributed by atoms with Gasteiger partial charge in [-0.2, -0.15) is 0 Å². The number of allylic oxidation sites excluding steroid dienone is 1. The number of hydrogen-bond acceptors (Lipinski definition) is 4. The predicted octanol–water partition coefficient (Wildman–Crippen LogP) is 5.24. The van der Waals surface area contributed by atoms with Crippen LogP contribution in [0.15, 0.2) is 46.4 Å². The molecule has 3 rings (SSSR count). The van der Waals surface area contributed by atoms with Crippen LogP contribution >= 0.6 is 0 Å². The van der Waals surface area contributed by atoms with Crippen molar-refractivity contribution in [3.05, 3.63) is 69.8 Å². The summed E-state index contributed by atoms with van der Waals surface area (Å²) in [6.45, 7) is 4.16. The number of aldehydes is 1. The minimum atomic E-state index is 0.556. The fourth-order valence-electron chi connectivity index (χ4n) is 4.28. The van der Waals surface area contributed by atoms with Crippen LogP contribution in [-0.4, -0.2) is 43.9 Å². The van der Waals surface area contributed by atoms with Gasteiger partial charge in [0.05, 0.1) is 12.0 Å². The Kier molecular flexibility index (Phi) is 7.98. The van der Waals surface area contributed by atoms with Crippen molar-refractivity contribution in [3.63, 3.8) is 0 Å². The average Bonchev–Trinajstić information content (AvgIpc) is 3.35. The molecule has 32 heavy (non-hydrogen) atoms. The zero-order chi connectivity index (χ0) is 23.1. The van der Waals surface area contributed by atoms with Crippen LogP contribution in [0.5, 0.6) is 0 Å². The minimum absolute atomic E-state index is 0.556. The molecule has 0 atom stereocenters. The van der Waals surface area contributed by atoms with E-state index in [0.29, 0.717) is 17.3 Å². The Labute approximate surface area is 191 Å². The van der Waals surface area contributed by atoms with Crippen LogP contribution in [-0.2, 0) is 6.42 Å². The van der Waals surface area contributed by atoms with Crippen LogP contribution in [0.3, 0.4) is 0 Å². The highest BCUT2D eigenvalue weighted by Crippen LogP contribution is 2.30. The maximum Gasteiger partial charge on any atom is 0.152 e. The summed E-state index contributed by atoms with van der Waals surface area (Å²) < 4.78 is 0. The van der Waals surface area contributed by atoms with Gasteiger partial charge in [0.1, 0.15) is 0 Å². The van der Waals surface area contributed by atoms with Gasteiger partial charge in [0, 0.05) is 37.6 Å². The molecule has 0 unspecified atom stereocenters. The Morgan fingerprint density at radius 2 is 1.84 bits per heavy atom. The molecule has 2 aromatic rings. The van der Waals surface area contributed by atoms with E-state index < -0.39 is 0 Å². The zero-order valence-electron chi connectivity index (χ0n) is 19.6. The number of benzene rings is 2. The molecule has 0 bridgehead atoms. The van der Waals surface area contributed by atoms with Crippen molar-refractivity contribution in [1.82, 2.24) is 4.90 Å². The molecule has 0 amide bonds. The highest BCUT2D eigenvalue weighted by Gasteiger charge is 2.18. The standard InChI is InChI=1S/C27H34N4O/c1-19-20(2)27(30-18-31(4)25-7-5-6-8-25)24(17-32)16-23(19)15-21-9-11-22(12-10-21)26(28)13-14-29-3/h9-14,16-18,25H,5-8,15,28H2,1-4H3. The number of nitrogens with two attached hydrogens (primary N) is 1. The number of hydrogen-bond donors (Lipinski definition) is 1. The van der Waals surface area contributed by atoms with Gasteiger partial charge in [-0.25, -0.2) is 4.99 Å². The quantitative estimate of drug-likeness (QED) is 0.354. The van der Waals surface area contributed by atoms with E-state index in [1.165, 1.54) is 36.8 Å². The van der Waals surface area contributed by atoms with Gasteiger partial charge in [0.2, 0.25) is 0 Å². The van der Waals surface area contributed by atoms with Crippen molar-refractivity contribution in [1.29, 1.82) is 0 Å². The summed E-state index contributed by atoms with van der Waals surface area (Å²) in [7, 11) is 3.80.